The highest BCUT2D eigenvalue weighted by molar-refractivity contribution is 5.46. The van der Waals surface area contributed by atoms with E-state index < -0.39 is 0 Å². The summed E-state index contributed by atoms with van der Waals surface area (Å²) in [6, 6.07) is 0. The van der Waals surface area contributed by atoms with Crippen molar-refractivity contribution < 1.29 is 0 Å². The van der Waals surface area contributed by atoms with E-state index in [9.17, 15) is 0 Å². The van der Waals surface area contributed by atoms with E-state index in [2.05, 4.69) is 65.1 Å². The van der Waals surface area contributed by atoms with Crippen molar-refractivity contribution in [3.8, 4) is 0 Å². The van der Waals surface area contributed by atoms with Crippen molar-refractivity contribution in [2.24, 2.45) is 0 Å². The normalized spacial score (nSPS) is 17.3. The first-order valence-corrected chi connectivity index (χ1v) is 6.59. The molecule has 2 nitrogen and oxygen atoms in total. The predicted octanol–water partition coefficient (Wildman–Crippen LogP) is 4.23. The van der Waals surface area contributed by atoms with Gasteiger partial charge in [0.05, 0.1) is 11.4 Å². The van der Waals surface area contributed by atoms with Crippen LogP contribution in [0.15, 0.2) is 22.5 Å². The van der Waals surface area contributed by atoms with Crippen molar-refractivity contribution in [1.82, 2.24) is 9.69 Å². The summed E-state index contributed by atoms with van der Waals surface area (Å²) >= 11 is 0. The SMILES string of the molecule is CC1=C(C)[N+](n2c(C)c(C)c(C)c2C)C(C)=C1C. The molecule has 0 spiro atoms. The molecule has 0 amide bonds. The van der Waals surface area contributed by atoms with E-state index in [0.717, 1.165) is 0 Å². The van der Waals surface area contributed by atoms with Gasteiger partial charge in [-0.05, 0) is 52.7 Å². The van der Waals surface area contributed by atoms with Crippen LogP contribution in [0.4, 0.5) is 0 Å². The summed E-state index contributed by atoms with van der Waals surface area (Å²) in [4.78, 5) is 0. The Balaban J connectivity index is 2.69. The first-order chi connectivity index (χ1) is 8.29. The Morgan fingerprint density at radius 2 is 0.944 bits per heavy atom. The molecule has 0 N–H and O–H groups in total. The predicted molar refractivity (Wildman–Crippen MR) is 77.7 cm³/mol. The van der Waals surface area contributed by atoms with Crippen molar-refractivity contribution in [3.05, 3.63) is 45.1 Å². The van der Waals surface area contributed by atoms with Gasteiger partial charge in [0.15, 0.2) is 11.4 Å². The summed E-state index contributed by atoms with van der Waals surface area (Å²) in [5.74, 6) is 0. The van der Waals surface area contributed by atoms with Crippen molar-refractivity contribution in [2.75, 3.05) is 0 Å². The maximum absolute atomic E-state index is 2.36. The van der Waals surface area contributed by atoms with E-state index in [1.165, 1.54) is 45.1 Å². The maximum Gasteiger partial charge on any atom is 0.193 e. The number of hydrogen-bond acceptors (Lipinski definition) is 1. The molecule has 0 saturated carbocycles. The van der Waals surface area contributed by atoms with Crippen molar-refractivity contribution >= 4 is 0 Å². The number of allylic oxidation sites excluding steroid dienone is 4. The van der Waals surface area contributed by atoms with Gasteiger partial charge < -0.3 is 0 Å². The molecule has 1 radical (unpaired) electrons. The third-order valence-corrected chi connectivity index (χ3v) is 4.77. The van der Waals surface area contributed by atoms with Crippen LogP contribution in [0.25, 0.3) is 0 Å². The fourth-order valence-electron chi connectivity index (χ4n) is 2.82. The summed E-state index contributed by atoms with van der Waals surface area (Å²) in [6.07, 6.45) is 0. The fourth-order valence-corrected chi connectivity index (χ4v) is 2.82. The standard InChI is InChI=1S/C16H24N2/c1-9-10(2)14(6)17(13(9)5)18-15(7)11(3)12(4)16(18)8/h1-8H3/q+1. The molecule has 0 atom stereocenters. The van der Waals surface area contributed by atoms with Gasteiger partial charge in [-0.2, -0.15) is 0 Å². The molecular weight excluding hydrogens is 220 g/mol. The minimum Gasteiger partial charge on any atom is -0.140 e. The molecule has 0 fully saturated rings. The van der Waals surface area contributed by atoms with Gasteiger partial charge in [-0.1, -0.05) is 0 Å². The Labute approximate surface area is 111 Å². The van der Waals surface area contributed by atoms with Gasteiger partial charge >= 0.3 is 0 Å². The summed E-state index contributed by atoms with van der Waals surface area (Å²) in [5.41, 5.74) is 11.0. The van der Waals surface area contributed by atoms with Crippen molar-refractivity contribution in [1.29, 1.82) is 0 Å². The topological polar surface area (TPSA) is 10.8 Å². The van der Waals surface area contributed by atoms with E-state index in [1.807, 2.05) is 0 Å². The third-order valence-electron chi connectivity index (χ3n) is 4.77. The molecule has 97 valence electrons. The molecule has 0 bridgehead atoms. The van der Waals surface area contributed by atoms with E-state index in [4.69, 9.17) is 0 Å². The second kappa shape index (κ2) is 4.13. The Hall–Kier alpha value is -1.28. The van der Waals surface area contributed by atoms with Gasteiger partial charge in [-0.25, -0.2) is 0 Å². The maximum atomic E-state index is 2.36. The zero-order chi connectivity index (χ0) is 13.8. The second-order valence-corrected chi connectivity index (χ2v) is 5.47. The van der Waals surface area contributed by atoms with Crippen LogP contribution < -0.4 is 5.01 Å². The van der Waals surface area contributed by atoms with Crippen molar-refractivity contribution in [3.63, 3.8) is 0 Å². The molecule has 2 rings (SSSR count). The lowest BCUT2D eigenvalue weighted by Crippen LogP contribution is -2.32. The summed E-state index contributed by atoms with van der Waals surface area (Å²) in [7, 11) is 0. The summed E-state index contributed by atoms with van der Waals surface area (Å²) < 4.78 is 2.36. The van der Waals surface area contributed by atoms with Crippen LogP contribution in [0, 0.1) is 27.7 Å². The van der Waals surface area contributed by atoms with Crippen LogP contribution in [0.2, 0.25) is 0 Å². The smallest absolute Gasteiger partial charge is 0.140 e. The molecule has 18 heavy (non-hydrogen) atoms. The van der Waals surface area contributed by atoms with Gasteiger partial charge in [0.2, 0.25) is 0 Å². The number of hydrogen-bond donors (Lipinski definition) is 0. The molecule has 1 aliphatic heterocycles. The average molecular weight is 244 g/mol. The molecule has 0 unspecified atom stereocenters. The third kappa shape index (κ3) is 1.52. The fraction of sp³-hybridized carbons (Fsp3) is 0.500. The Kier molecular flexibility index (Phi) is 3.02. The molecule has 0 saturated heterocycles. The highest BCUT2D eigenvalue weighted by Gasteiger charge is 2.37. The van der Waals surface area contributed by atoms with Gasteiger partial charge in [0, 0.05) is 30.0 Å². The number of nitrogens with zero attached hydrogens (tertiary/aromatic N) is 2. The average Bonchev–Trinajstić information content (AvgIpc) is 2.64. The lowest BCUT2D eigenvalue weighted by Gasteiger charge is -2.12. The Morgan fingerprint density at radius 1 is 0.611 bits per heavy atom. The van der Waals surface area contributed by atoms with E-state index >= 15 is 0 Å². The molecule has 1 aromatic heterocycles. The summed E-state index contributed by atoms with van der Waals surface area (Å²) in [5, 5.41) is 2.36. The highest BCUT2D eigenvalue weighted by Crippen LogP contribution is 2.33. The molecule has 2 heterocycles. The molecule has 1 aliphatic rings. The van der Waals surface area contributed by atoms with Crippen LogP contribution in [0.5, 0.6) is 0 Å². The van der Waals surface area contributed by atoms with Crippen molar-refractivity contribution in [2.45, 2.75) is 55.4 Å². The van der Waals surface area contributed by atoms with Crippen LogP contribution in [0.3, 0.4) is 0 Å². The van der Waals surface area contributed by atoms with Crippen LogP contribution >= 0.6 is 0 Å². The van der Waals surface area contributed by atoms with Gasteiger partial charge in [-0.3, -0.25) is 0 Å². The Morgan fingerprint density at radius 3 is 1.28 bits per heavy atom. The monoisotopic (exact) mass is 244 g/mol. The first kappa shape index (κ1) is 13.2. The number of rotatable bonds is 1. The molecule has 2 heteroatoms. The minimum absolute atomic E-state index is 1.34. The highest BCUT2D eigenvalue weighted by atomic mass is 15.6. The number of aromatic nitrogens is 1. The Bertz CT molecular complexity index is 533. The second-order valence-electron chi connectivity index (χ2n) is 5.47. The van der Waals surface area contributed by atoms with Gasteiger partial charge in [0.25, 0.3) is 0 Å². The van der Waals surface area contributed by atoms with E-state index in [1.54, 1.807) is 0 Å². The quantitative estimate of drug-likeness (QED) is 0.655. The van der Waals surface area contributed by atoms with Crippen LogP contribution in [-0.2, 0) is 0 Å². The van der Waals surface area contributed by atoms with Gasteiger partial charge in [0.1, 0.15) is 0 Å². The first-order valence-electron chi connectivity index (χ1n) is 6.59. The minimum atomic E-state index is 1.34. The van der Waals surface area contributed by atoms with Crippen LogP contribution in [0.1, 0.15) is 50.2 Å². The van der Waals surface area contributed by atoms with E-state index in [-0.39, 0.29) is 0 Å². The molecule has 0 aromatic carbocycles. The lowest BCUT2D eigenvalue weighted by atomic mass is 10.1. The zero-order valence-electron chi connectivity index (χ0n) is 12.9. The van der Waals surface area contributed by atoms with Crippen LogP contribution in [-0.4, -0.2) is 4.68 Å². The van der Waals surface area contributed by atoms with E-state index in [0.29, 0.717) is 0 Å². The largest absolute Gasteiger partial charge is 0.193 e. The van der Waals surface area contributed by atoms with Gasteiger partial charge in [-0.15, -0.1) is 4.68 Å². The molecule has 0 aliphatic carbocycles. The molecular formula is C16H24N2+. The lowest BCUT2D eigenvalue weighted by molar-refractivity contribution is 0.460. The molecule has 1 aromatic rings. The zero-order valence-corrected chi connectivity index (χ0v) is 12.9. The summed E-state index contributed by atoms with van der Waals surface area (Å²) in [6.45, 7) is 17.7.